The van der Waals surface area contributed by atoms with Crippen LogP contribution in [0.15, 0.2) is 24.3 Å². The number of hydrogen-bond donors (Lipinski definition) is 0. The molecule has 0 amide bonds. The minimum Gasteiger partial charge on any atom is -0.462 e. The lowest BCUT2D eigenvalue weighted by atomic mass is 9.78. The Labute approximate surface area is 141 Å². The Morgan fingerprint density at radius 2 is 1.57 bits per heavy atom. The zero-order valence-corrected chi connectivity index (χ0v) is 14.9. The maximum Gasteiger partial charge on any atom is 0.338 e. The molecule has 0 atom stereocenters. The van der Waals surface area contributed by atoms with Crippen LogP contribution in [0.25, 0.3) is 0 Å². The monoisotopic (exact) mass is 316 g/mol. The second kappa shape index (κ2) is 9.75. The molecular weight excluding hydrogens is 284 g/mol. The van der Waals surface area contributed by atoms with Gasteiger partial charge in [0.2, 0.25) is 0 Å². The Hall–Kier alpha value is -1.31. The summed E-state index contributed by atoms with van der Waals surface area (Å²) < 4.78 is 5.16. The van der Waals surface area contributed by atoms with Crippen molar-refractivity contribution in [2.24, 2.45) is 11.8 Å². The first-order valence-electron chi connectivity index (χ1n) is 9.49. The molecular formula is C21H32O2. The van der Waals surface area contributed by atoms with Crippen molar-refractivity contribution in [3.63, 3.8) is 0 Å². The number of carbonyl (C=O) groups excluding carboxylic acids is 1. The number of aryl methyl sites for hydroxylation is 1. The Bertz CT molecular complexity index is 455. The van der Waals surface area contributed by atoms with Gasteiger partial charge in [0, 0.05) is 0 Å². The number of hydrogen-bond acceptors (Lipinski definition) is 2. The fourth-order valence-electron chi connectivity index (χ4n) is 3.67. The van der Waals surface area contributed by atoms with Crippen LogP contribution in [0.1, 0.15) is 81.1 Å². The highest BCUT2D eigenvalue weighted by Crippen LogP contribution is 2.33. The Morgan fingerprint density at radius 1 is 0.957 bits per heavy atom. The highest BCUT2D eigenvalue weighted by atomic mass is 16.5. The summed E-state index contributed by atoms with van der Waals surface area (Å²) >= 11 is 0. The third kappa shape index (κ3) is 6.01. The Balaban J connectivity index is 1.73. The van der Waals surface area contributed by atoms with Gasteiger partial charge >= 0.3 is 5.97 Å². The fourth-order valence-corrected chi connectivity index (χ4v) is 3.67. The second-order valence-electron chi connectivity index (χ2n) is 7.05. The molecule has 0 saturated heterocycles. The largest absolute Gasteiger partial charge is 0.462 e. The van der Waals surface area contributed by atoms with Crippen LogP contribution in [-0.2, 0) is 11.2 Å². The molecule has 1 aromatic carbocycles. The van der Waals surface area contributed by atoms with E-state index in [1.54, 1.807) is 0 Å². The summed E-state index contributed by atoms with van der Waals surface area (Å²) in [4.78, 5) is 11.8. The van der Waals surface area contributed by atoms with Crippen molar-refractivity contribution in [3.05, 3.63) is 35.4 Å². The van der Waals surface area contributed by atoms with E-state index in [0.717, 1.165) is 24.7 Å². The molecule has 128 valence electrons. The second-order valence-corrected chi connectivity index (χ2v) is 7.05. The van der Waals surface area contributed by atoms with Crippen LogP contribution in [0.5, 0.6) is 0 Å². The number of ether oxygens (including phenoxy) is 1. The molecule has 23 heavy (non-hydrogen) atoms. The molecule has 2 heteroatoms. The van der Waals surface area contributed by atoms with E-state index in [1.165, 1.54) is 50.5 Å². The van der Waals surface area contributed by atoms with Crippen LogP contribution in [0.2, 0.25) is 0 Å². The summed E-state index contributed by atoms with van der Waals surface area (Å²) in [6.07, 6.45) is 11.7. The van der Waals surface area contributed by atoms with Gasteiger partial charge in [0.25, 0.3) is 0 Å². The predicted molar refractivity (Wildman–Crippen MR) is 95.7 cm³/mol. The lowest BCUT2D eigenvalue weighted by Gasteiger charge is -2.28. The molecule has 2 nitrogen and oxygen atoms in total. The molecule has 0 spiro atoms. The van der Waals surface area contributed by atoms with Crippen LogP contribution < -0.4 is 0 Å². The average molecular weight is 316 g/mol. The van der Waals surface area contributed by atoms with Crippen LogP contribution in [0.3, 0.4) is 0 Å². The van der Waals surface area contributed by atoms with Gasteiger partial charge in [0.15, 0.2) is 0 Å². The molecule has 1 aliphatic carbocycles. The van der Waals surface area contributed by atoms with Crippen LogP contribution in [-0.4, -0.2) is 12.6 Å². The first-order chi connectivity index (χ1) is 11.2. The third-order valence-corrected chi connectivity index (χ3v) is 5.13. The van der Waals surface area contributed by atoms with E-state index in [2.05, 4.69) is 19.1 Å². The van der Waals surface area contributed by atoms with Crippen molar-refractivity contribution in [3.8, 4) is 0 Å². The van der Waals surface area contributed by atoms with Gasteiger partial charge in [-0.05, 0) is 48.8 Å². The lowest BCUT2D eigenvalue weighted by Crippen LogP contribution is -2.15. The molecule has 0 N–H and O–H groups in total. The van der Waals surface area contributed by atoms with Crippen molar-refractivity contribution in [2.45, 2.75) is 71.6 Å². The Kier molecular flexibility index (Phi) is 7.64. The maximum absolute atomic E-state index is 11.8. The first-order valence-corrected chi connectivity index (χ1v) is 9.49. The highest BCUT2D eigenvalue weighted by molar-refractivity contribution is 5.89. The van der Waals surface area contributed by atoms with E-state index in [-0.39, 0.29) is 5.97 Å². The standard InChI is InChI=1S/C21H32O2/c1-3-5-17-6-8-18(9-7-17)10-11-19-12-14-20(15-13-19)21(22)23-16-4-2/h12-15,17-18H,3-11,16H2,1-2H3/t17-,18-. The quantitative estimate of drug-likeness (QED) is 0.567. The van der Waals surface area contributed by atoms with Gasteiger partial charge < -0.3 is 4.74 Å². The molecule has 2 rings (SSSR count). The minimum atomic E-state index is -0.201. The van der Waals surface area contributed by atoms with Crippen LogP contribution in [0, 0.1) is 11.8 Å². The zero-order chi connectivity index (χ0) is 16.5. The van der Waals surface area contributed by atoms with Gasteiger partial charge in [-0.3, -0.25) is 0 Å². The van der Waals surface area contributed by atoms with E-state index < -0.39 is 0 Å². The summed E-state index contributed by atoms with van der Waals surface area (Å²) in [5.74, 6) is 1.69. The molecule has 0 bridgehead atoms. The molecule has 0 radical (unpaired) electrons. The van der Waals surface area contributed by atoms with E-state index in [1.807, 2.05) is 19.1 Å². The SMILES string of the molecule is CCCOC(=O)c1ccc(CC[C@H]2CC[C@H](CCC)CC2)cc1. The smallest absolute Gasteiger partial charge is 0.338 e. The molecule has 0 heterocycles. The van der Waals surface area contributed by atoms with Crippen molar-refractivity contribution in [1.29, 1.82) is 0 Å². The fraction of sp³-hybridized carbons (Fsp3) is 0.667. The Morgan fingerprint density at radius 3 is 2.13 bits per heavy atom. The molecule has 1 aromatic rings. The lowest BCUT2D eigenvalue weighted by molar-refractivity contribution is 0.0505. The van der Waals surface area contributed by atoms with Gasteiger partial charge in [-0.25, -0.2) is 4.79 Å². The predicted octanol–water partition coefficient (Wildman–Crippen LogP) is 5.79. The van der Waals surface area contributed by atoms with E-state index >= 15 is 0 Å². The van der Waals surface area contributed by atoms with E-state index in [0.29, 0.717) is 12.2 Å². The molecule has 0 aliphatic heterocycles. The van der Waals surface area contributed by atoms with Gasteiger partial charge in [-0.2, -0.15) is 0 Å². The van der Waals surface area contributed by atoms with Crippen LogP contribution in [0.4, 0.5) is 0 Å². The van der Waals surface area contributed by atoms with E-state index in [9.17, 15) is 4.79 Å². The molecule has 0 unspecified atom stereocenters. The summed E-state index contributed by atoms with van der Waals surface area (Å²) in [7, 11) is 0. The number of benzene rings is 1. The van der Waals surface area contributed by atoms with Crippen molar-refractivity contribution in [2.75, 3.05) is 6.61 Å². The van der Waals surface area contributed by atoms with Crippen molar-refractivity contribution >= 4 is 5.97 Å². The van der Waals surface area contributed by atoms with Crippen molar-refractivity contribution < 1.29 is 9.53 Å². The first kappa shape index (κ1) is 18.0. The molecule has 0 aromatic heterocycles. The molecule has 1 aliphatic rings. The maximum atomic E-state index is 11.8. The van der Waals surface area contributed by atoms with E-state index in [4.69, 9.17) is 4.74 Å². The van der Waals surface area contributed by atoms with Gasteiger partial charge in [-0.1, -0.05) is 64.5 Å². The summed E-state index contributed by atoms with van der Waals surface area (Å²) in [5, 5.41) is 0. The minimum absolute atomic E-state index is 0.201. The number of esters is 1. The molecule has 1 saturated carbocycles. The molecule has 1 fully saturated rings. The van der Waals surface area contributed by atoms with Crippen LogP contribution >= 0.6 is 0 Å². The average Bonchev–Trinajstić information content (AvgIpc) is 2.60. The summed E-state index contributed by atoms with van der Waals surface area (Å²) in [5.41, 5.74) is 2.01. The summed E-state index contributed by atoms with van der Waals surface area (Å²) in [6, 6.07) is 7.99. The number of rotatable bonds is 8. The number of carbonyl (C=O) groups is 1. The zero-order valence-electron chi connectivity index (χ0n) is 14.9. The van der Waals surface area contributed by atoms with Crippen molar-refractivity contribution in [1.82, 2.24) is 0 Å². The highest BCUT2D eigenvalue weighted by Gasteiger charge is 2.20. The van der Waals surface area contributed by atoms with Gasteiger partial charge in [0.1, 0.15) is 0 Å². The van der Waals surface area contributed by atoms with Gasteiger partial charge in [-0.15, -0.1) is 0 Å². The topological polar surface area (TPSA) is 26.3 Å². The third-order valence-electron chi connectivity index (χ3n) is 5.13. The van der Waals surface area contributed by atoms with Gasteiger partial charge in [0.05, 0.1) is 12.2 Å². The normalized spacial score (nSPS) is 21.1. The summed E-state index contributed by atoms with van der Waals surface area (Å²) in [6.45, 7) is 4.81.